The number of piperidine rings is 1. The van der Waals surface area contributed by atoms with E-state index in [0.717, 1.165) is 12.8 Å². The van der Waals surface area contributed by atoms with Crippen molar-refractivity contribution in [2.75, 3.05) is 25.0 Å². The summed E-state index contributed by atoms with van der Waals surface area (Å²) >= 11 is 0. The number of amides is 1. The van der Waals surface area contributed by atoms with Crippen LogP contribution in [0.2, 0.25) is 0 Å². The number of anilines is 1. The lowest BCUT2D eigenvalue weighted by Crippen LogP contribution is -2.50. The number of carbonyl (C=O) groups is 1. The fraction of sp³-hybridized carbons (Fsp3) is 0.455. The van der Waals surface area contributed by atoms with E-state index >= 15 is 0 Å². The highest BCUT2D eigenvalue weighted by molar-refractivity contribution is 5.77. The second kappa shape index (κ2) is 8.97. The molecule has 0 N–H and O–H groups in total. The van der Waals surface area contributed by atoms with Crippen LogP contribution in [0, 0.1) is 5.82 Å². The number of rotatable bonds is 5. The zero-order valence-electron chi connectivity index (χ0n) is 18.4. The Bertz CT molecular complexity index is 1200. The summed E-state index contributed by atoms with van der Waals surface area (Å²) in [6, 6.07) is 3.22. The number of carbonyl (C=O) groups excluding carboxylic acids is 1. The van der Waals surface area contributed by atoms with E-state index in [1.54, 1.807) is 35.2 Å². The standard InChI is InChI=1S/C22H26FN7O2/c1-14(2)19-18(23)21(26-12-25-19)28(3)15-6-5-9-29(10-15)17(31)11-30-13-27-20-16(22(30)32)7-4-8-24-20/h4,7-8,12-15H,5-6,9-11H2,1-3H3. The van der Waals surface area contributed by atoms with Crippen LogP contribution in [0.4, 0.5) is 10.2 Å². The number of halogens is 1. The molecule has 1 saturated heterocycles. The molecule has 3 aromatic rings. The van der Waals surface area contributed by atoms with E-state index in [1.165, 1.54) is 17.2 Å². The van der Waals surface area contributed by atoms with E-state index in [1.807, 2.05) is 13.8 Å². The highest BCUT2D eigenvalue weighted by Crippen LogP contribution is 2.26. The number of aromatic nitrogens is 5. The van der Waals surface area contributed by atoms with Crippen LogP contribution < -0.4 is 10.5 Å². The van der Waals surface area contributed by atoms with Crippen LogP contribution in [-0.4, -0.2) is 61.5 Å². The van der Waals surface area contributed by atoms with Gasteiger partial charge in [-0.2, -0.15) is 0 Å². The monoisotopic (exact) mass is 439 g/mol. The topological polar surface area (TPSA) is 97.1 Å². The Hall–Kier alpha value is -3.43. The molecule has 3 aromatic heterocycles. The summed E-state index contributed by atoms with van der Waals surface area (Å²) in [5.41, 5.74) is 0.433. The van der Waals surface area contributed by atoms with Crippen molar-refractivity contribution < 1.29 is 9.18 Å². The third-order valence-electron chi connectivity index (χ3n) is 5.88. The Morgan fingerprint density at radius 2 is 2.09 bits per heavy atom. The molecular weight excluding hydrogens is 413 g/mol. The molecule has 32 heavy (non-hydrogen) atoms. The first kappa shape index (κ1) is 21.8. The summed E-state index contributed by atoms with van der Waals surface area (Å²) in [5.74, 6) is -0.416. The maximum Gasteiger partial charge on any atom is 0.263 e. The van der Waals surface area contributed by atoms with Gasteiger partial charge in [0.15, 0.2) is 17.3 Å². The number of likely N-dealkylation sites (N-methyl/N-ethyl adjacent to an activating group) is 1. The first-order valence-corrected chi connectivity index (χ1v) is 10.7. The number of nitrogens with zero attached hydrogens (tertiary/aromatic N) is 7. The smallest absolute Gasteiger partial charge is 0.263 e. The fourth-order valence-corrected chi connectivity index (χ4v) is 4.05. The fourth-order valence-electron chi connectivity index (χ4n) is 4.05. The molecule has 4 heterocycles. The second-order valence-electron chi connectivity index (χ2n) is 8.35. The van der Waals surface area contributed by atoms with E-state index in [0.29, 0.717) is 29.8 Å². The largest absolute Gasteiger partial charge is 0.352 e. The van der Waals surface area contributed by atoms with Gasteiger partial charge in [-0.1, -0.05) is 13.8 Å². The number of hydrogen-bond acceptors (Lipinski definition) is 7. The summed E-state index contributed by atoms with van der Waals surface area (Å²) < 4.78 is 16.3. The molecule has 0 saturated carbocycles. The third-order valence-corrected chi connectivity index (χ3v) is 5.88. The maximum absolute atomic E-state index is 14.9. The van der Waals surface area contributed by atoms with Gasteiger partial charge in [0.05, 0.1) is 11.1 Å². The van der Waals surface area contributed by atoms with Crippen LogP contribution in [0.5, 0.6) is 0 Å². The molecule has 0 aromatic carbocycles. The molecule has 9 nitrogen and oxygen atoms in total. The van der Waals surface area contributed by atoms with E-state index in [-0.39, 0.29) is 35.8 Å². The summed E-state index contributed by atoms with van der Waals surface area (Å²) in [6.07, 6.45) is 5.89. The van der Waals surface area contributed by atoms with Crippen molar-refractivity contribution in [1.82, 2.24) is 29.4 Å². The molecular formula is C22H26FN7O2. The van der Waals surface area contributed by atoms with Crippen LogP contribution in [0.3, 0.4) is 0 Å². The predicted molar refractivity (Wildman–Crippen MR) is 118 cm³/mol. The minimum atomic E-state index is -0.421. The average molecular weight is 439 g/mol. The molecule has 0 radical (unpaired) electrons. The Kier molecular flexibility index (Phi) is 6.11. The van der Waals surface area contributed by atoms with Gasteiger partial charge in [-0.05, 0) is 30.9 Å². The highest BCUT2D eigenvalue weighted by atomic mass is 19.1. The second-order valence-corrected chi connectivity index (χ2v) is 8.35. The van der Waals surface area contributed by atoms with Crippen LogP contribution in [-0.2, 0) is 11.3 Å². The van der Waals surface area contributed by atoms with Crippen LogP contribution in [0.1, 0.15) is 38.3 Å². The van der Waals surface area contributed by atoms with Gasteiger partial charge in [-0.25, -0.2) is 24.3 Å². The molecule has 1 aliphatic rings. The number of pyridine rings is 1. The first-order chi connectivity index (χ1) is 15.4. The van der Waals surface area contributed by atoms with Crippen LogP contribution in [0.15, 0.2) is 35.8 Å². The minimum Gasteiger partial charge on any atom is -0.352 e. The van der Waals surface area contributed by atoms with E-state index < -0.39 is 5.82 Å². The maximum atomic E-state index is 14.9. The van der Waals surface area contributed by atoms with Gasteiger partial charge in [0.1, 0.15) is 19.2 Å². The lowest BCUT2D eigenvalue weighted by Gasteiger charge is -2.38. The Morgan fingerprint density at radius 3 is 2.88 bits per heavy atom. The Balaban J connectivity index is 1.50. The van der Waals surface area contributed by atoms with Crippen molar-refractivity contribution in [2.45, 2.75) is 45.2 Å². The predicted octanol–water partition coefficient (Wildman–Crippen LogP) is 1.97. The van der Waals surface area contributed by atoms with Gasteiger partial charge in [0.25, 0.3) is 5.56 Å². The molecule has 168 valence electrons. The van der Waals surface area contributed by atoms with Crippen molar-refractivity contribution in [3.63, 3.8) is 0 Å². The molecule has 10 heteroatoms. The molecule has 1 aliphatic heterocycles. The molecule has 1 unspecified atom stereocenters. The van der Waals surface area contributed by atoms with Gasteiger partial charge in [-0.15, -0.1) is 0 Å². The van der Waals surface area contributed by atoms with E-state index in [4.69, 9.17) is 0 Å². The average Bonchev–Trinajstić information content (AvgIpc) is 2.80. The molecule has 4 rings (SSSR count). The minimum absolute atomic E-state index is 0.0568. The number of hydrogen-bond donors (Lipinski definition) is 0. The summed E-state index contributed by atoms with van der Waals surface area (Å²) in [5, 5.41) is 0.374. The summed E-state index contributed by atoms with van der Waals surface area (Å²) in [4.78, 5) is 45.6. The Labute approximate surface area is 184 Å². The lowest BCUT2D eigenvalue weighted by atomic mass is 10.0. The molecule has 1 fully saturated rings. The first-order valence-electron chi connectivity index (χ1n) is 10.7. The van der Waals surface area contributed by atoms with Gasteiger partial charge in [0, 0.05) is 32.4 Å². The Morgan fingerprint density at radius 1 is 1.28 bits per heavy atom. The van der Waals surface area contributed by atoms with Crippen LogP contribution in [0.25, 0.3) is 11.0 Å². The normalized spacial score (nSPS) is 16.5. The zero-order chi connectivity index (χ0) is 22.8. The lowest BCUT2D eigenvalue weighted by molar-refractivity contribution is -0.133. The number of fused-ring (bicyclic) bond motifs is 1. The van der Waals surface area contributed by atoms with Crippen molar-refractivity contribution in [1.29, 1.82) is 0 Å². The van der Waals surface area contributed by atoms with E-state index in [9.17, 15) is 14.0 Å². The van der Waals surface area contributed by atoms with E-state index in [2.05, 4.69) is 19.9 Å². The van der Waals surface area contributed by atoms with Gasteiger partial charge >= 0.3 is 0 Å². The third kappa shape index (κ3) is 4.17. The van der Waals surface area contributed by atoms with Crippen LogP contribution >= 0.6 is 0 Å². The highest BCUT2D eigenvalue weighted by Gasteiger charge is 2.29. The molecule has 1 amide bonds. The van der Waals surface area contributed by atoms with Gasteiger partial charge in [-0.3, -0.25) is 14.2 Å². The molecule has 1 atom stereocenters. The quantitative estimate of drug-likeness (QED) is 0.600. The SMILES string of the molecule is CC(C)c1ncnc(N(C)C2CCCN(C(=O)Cn3cnc4ncccc4c3=O)C2)c1F. The molecule has 0 bridgehead atoms. The molecule has 0 aliphatic carbocycles. The van der Waals surface area contributed by atoms with Gasteiger partial charge < -0.3 is 9.80 Å². The van der Waals surface area contributed by atoms with Crippen molar-refractivity contribution in [2.24, 2.45) is 0 Å². The van der Waals surface area contributed by atoms with Crippen molar-refractivity contribution in [3.8, 4) is 0 Å². The summed E-state index contributed by atoms with van der Waals surface area (Å²) in [7, 11) is 1.79. The van der Waals surface area contributed by atoms with Crippen molar-refractivity contribution >= 4 is 22.8 Å². The van der Waals surface area contributed by atoms with Gasteiger partial charge in [0.2, 0.25) is 5.91 Å². The number of likely N-dealkylation sites (tertiary alicyclic amines) is 1. The summed E-state index contributed by atoms with van der Waals surface area (Å²) in [6.45, 7) is 4.68. The molecule has 0 spiro atoms. The van der Waals surface area contributed by atoms with Crippen molar-refractivity contribution in [3.05, 3.63) is 52.8 Å². The zero-order valence-corrected chi connectivity index (χ0v) is 18.4.